The van der Waals surface area contributed by atoms with Gasteiger partial charge in [0.1, 0.15) is 0 Å². The molecule has 0 radical (unpaired) electrons. The molecule has 0 aromatic carbocycles. The van der Waals surface area contributed by atoms with Crippen LogP contribution in [0.3, 0.4) is 0 Å². The fourth-order valence-electron chi connectivity index (χ4n) is 1.77. The van der Waals surface area contributed by atoms with Crippen molar-refractivity contribution in [2.45, 2.75) is 18.9 Å². The monoisotopic (exact) mass is 230 g/mol. The molecule has 1 aliphatic heterocycles. The minimum atomic E-state index is -0.135. The first-order valence-corrected chi connectivity index (χ1v) is 5.80. The molecule has 5 heteroatoms. The van der Waals surface area contributed by atoms with Crippen molar-refractivity contribution in [3.8, 4) is 0 Å². The van der Waals surface area contributed by atoms with Crippen molar-refractivity contribution in [1.82, 2.24) is 10.2 Å². The van der Waals surface area contributed by atoms with Crippen LogP contribution in [-0.2, 0) is 14.3 Å². The lowest BCUT2D eigenvalue weighted by atomic mass is 10.2. The SMILES string of the molecule is COC(=O)CCCN(C)CC1CNCCO1. The van der Waals surface area contributed by atoms with E-state index >= 15 is 0 Å². The van der Waals surface area contributed by atoms with Crippen molar-refractivity contribution < 1.29 is 14.3 Å². The molecule has 94 valence electrons. The van der Waals surface area contributed by atoms with Crippen LogP contribution >= 0.6 is 0 Å². The Kier molecular flexibility index (Phi) is 6.37. The van der Waals surface area contributed by atoms with Gasteiger partial charge in [0.2, 0.25) is 0 Å². The summed E-state index contributed by atoms with van der Waals surface area (Å²) in [6, 6.07) is 0. The van der Waals surface area contributed by atoms with Crippen LogP contribution in [0.2, 0.25) is 0 Å². The first-order chi connectivity index (χ1) is 7.72. The summed E-state index contributed by atoms with van der Waals surface area (Å²) in [5.74, 6) is -0.135. The Morgan fingerprint density at radius 3 is 3.06 bits per heavy atom. The zero-order valence-corrected chi connectivity index (χ0v) is 10.2. The molecule has 1 saturated heterocycles. The zero-order valence-electron chi connectivity index (χ0n) is 10.2. The zero-order chi connectivity index (χ0) is 11.8. The predicted octanol–water partition coefficient (Wildman–Crippen LogP) is -0.140. The van der Waals surface area contributed by atoms with Gasteiger partial charge >= 0.3 is 5.97 Å². The Balaban J connectivity index is 2.05. The fraction of sp³-hybridized carbons (Fsp3) is 0.909. The van der Waals surface area contributed by atoms with Crippen molar-refractivity contribution in [1.29, 1.82) is 0 Å². The quantitative estimate of drug-likeness (QED) is 0.644. The lowest BCUT2D eigenvalue weighted by molar-refractivity contribution is -0.140. The van der Waals surface area contributed by atoms with Gasteiger partial charge in [-0.15, -0.1) is 0 Å². The number of carbonyl (C=O) groups is 1. The molecule has 0 aromatic heterocycles. The van der Waals surface area contributed by atoms with Gasteiger partial charge in [-0.1, -0.05) is 0 Å². The number of nitrogens with zero attached hydrogens (tertiary/aromatic N) is 1. The predicted molar refractivity (Wildman–Crippen MR) is 61.4 cm³/mol. The van der Waals surface area contributed by atoms with Gasteiger partial charge < -0.3 is 19.7 Å². The topological polar surface area (TPSA) is 50.8 Å². The van der Waals surface area contributed by atoms with Gasteiger partial charge in [-0.3, -0.25) is 4.79 Å². The van der Waals surface area contributed by atoms with E-state index in [9.17, 15) is 4.79 Å². The summed E-state index contributed by atoms with van der Waals surface area (Å²) in [7, 11) is 3.48. The summed E-state index contributed by atoms with van der Waals surface area (Å²) in [6.45, 7) is 4.47. The second-order valence-electron chi connectivity index (χ2n) is 4.14. The van der Waals surface area contributed by atoms with Crippen LogP contribution in [0.5, 0.6) is 0 Å². The average molecular weight is 230 g/mol. The Bertz CT molecular complexity index is 205. The smallest absolute Gasteiger partial charge is 0.305 e. The molecule has 1 rings (SSSR count). The second kappa shape index (κ2) is 7.60. The summed E-state index contributed by atoms with van der Waals surface area (Å²) in [5, 5.41) is 3.30. The minimum Gasteiger partial charge on any atom is -0.469 e. The minimum absolute atomic E-state index is 0.135. The molecule has 0 spiro atoms. The van der Waals surface area contributed by atoms with E-state index in [1.165, 1.54) is 7.11 Å². The van der Waals surface area contributed by atoms with Gasteiger partial charge in [0.25, 0.3) is 0 Å². The highest BCUT2D eigenvalue weighted by molar-refractivity contribution is 5.69. The van der Waals surface area contributed by atoms with Crippen molar-refractivity contribution in [3.63, 3.8) is 0 Å². The molecule has 0 aliphatic carbocycles. The largest absolute Gasteiger partial charge is 0.469 e. The van der Waals surface area contributed by atoms with E-state index in [1.54, 1.807) is 0 Å². The number of hydrogen-bond donors (Lipinski definition) is 1. The summed E-state index contributed by atoms with van der Waals surface area (Å²) in [5.41, 5.74) is 0. The lowest BCUT2D eigenvalue weighted by Gasteiger charge is -2.27. The number of carbonyl (C=O) groups excluding carboxylic acids is 1. The van der Waals surface area contributed by atoms with Crippen LogP contribution in [0.15, 0.2) is 0 Å². The number of morpholine rings is 1. The third kappa shape index (κ3) is 5.44. The van der Waals surface area contributed by atoms with Crippen molar-refractivity contribution in [2.24, 2.45) is 0 Å². The molecule has 1 fully saturated rings. The number of hydrogen-bond acceptors (Lipinski definition) is 5. The molecule has 1 aliphatic rings. The van der Waals surface area contributed by atoms with E-state index in [0.29, 0.717) is 6.42 Å². The molecule has 1 unspecified atom stereocenters. The second-order valence-corrected chi connectivity index (χ2v) is 4.14. The van der Waals surface area contributed by atoms with Crippen LogP contribution in [0, 0.1) is 0 Å². The van der Waals surface area contributed by atoms with Gasteiger partial charge in [0.05, 0.1) is 19.8 Å². The van der Waals surface area contributed by atoms with E-state index < -0.39 is 0 Å². The molecule has 0 saturated carbocycles. The standard InChI is InChI=1S/C11H22N2O3/c1-13(6-3-4-11(14)15-2)9-10-8-12-5-7-16-10/h10,12H,3-9H2,1-2H3. The highest BCUT2D eigenvalue weighted by Crippen LogP contribution is 2.00. The summed E-state index contributed by atoms with van der Waals surface area (Å²) < 4.78 is 10.2. The average Bonchev–Trinajstić information content (AvgIpc) is 2.30. The van der Waals surface area contributed by atoms with E-state index in [2.05, 4.69) is 22.0 Å². The Morgan fingerprint density at radius 1 is 1.62 bits per heavy atom. The molecule has 1 atom stereocenters. The Labute approximate surface area is 97.1 Å². The molecule has 5 nitrogen and oxygen atoms in total. The molecule has 0 bridgehead atoms. The van der Waals surface area contributed by atoms with Gasteiger partial charge in [0, 0.05) is 26.1 Å². The van der Waals surface area contributed by atoms with E-state index in [0.717, 1.165) is 39.2 Å². The normalized spacial score (nSPS) is 21.1. The van der Waals surface area contributed by atoms with Gasteiger partial charge in [0.15, 0.2) is 0 Å². The van der Waals surface area contributed by atoms with Gasteiger partial charge in [-0.05, 0) is 20.0 Å². The van der Waals surface area contributed by atoms with Crippen LogP contribution in [0.4, 0.5) is 0 Å². The number of rotatable bonds is 6. The number of esters is 1. The maximum Gasteiger partial charge on any atom is 0.305 e. The van der Waals surface area contributed by atoms with E-state index in [1.807, 2.05) is 0 Å². The third-order valence-corrected chi connectivity index (χ3v) is 2.67. The third-order valence-electron chi connectivity index (χ3n) is 2.67. The highest BCUT2D eigenvalue weighted by Gasteiger charge is 2.15. The first-order valence-electron chi connectivity index (χ1n) is 5.80. The van der Waals surface area contributed by atoms with Gasteiger partial charge in [-0.25, -0.2) is 0 Å². The summed E-state index contributed by atoms with van der Waals surface area (Å²) >= 11 is 0. The lowest BCUT2D eigenvalue weighted by Crippen LogP contribution is -2.44. The van der Waals surface area contributed by atoms with Crippen LogP contribution in [-0.4, -0.2) is 63.9 Å². The summed E-state index contributed by atoms with van der Waals surface area (Å²) in [4.78, 5) is 13.1. The molecule has 1 N–H and O–H groups in total. The fourth-order valence-corrected chi connectivity index (χ4v) is 1.77. The number of methoxy groups -OCH3 is 1. The number of likely N-dealkylation sites (N-methyl/N-ethyl adjacent to an activating group) is 1. The van der Waals surface area contributed by atoms with E-state index in [4.69, 9.17) is 4.74 Å². The van der Waals surface area contributed by atoms with Gasteiger partial charge in [-0.2, -0.15) is 0 Å². The Morgan fingerprint density at radius 2 is 2.44 bits per heavy atom. The highest BCUT2D eigenvalue weighted by atomic mass is 16.5. The molecular weight excluding hydrogens is 208 g/mol. The van der Waals surface area contributed by atoms with Crippen molar-refractivity contribution in [2.75, 3.05) is 46.9 Å². The van der Waals surface area contributed by atoms with Crippen molar-refractivity contribution in [3.05, 3.63) is 0 Å². The van der Waals surface area contributed by atoms with Crippen LogP contribution in [0.25, 0.3) is 0 Å². The molecule has 1 heterocycles. The van der Waals surface area contributed by atoms with Crippen molar-refractivity contribution >= 4 is 5.97 Å². The molecule has 16 heavy (non-hydrogen) atoms. The number of nitrogens with one attached hydrogen (secondary N) is 1. The molecular formula is C11H22N2O3. The van der Waals surface area contributed by atoms with Crippen LogP contribution < -0.4 is 5.32 Å². The first kappa shape index (κ1) is 13.4. The molecule has 0 aromatic rings. The summed E-state index contributed by atoms with van der Waals surface area (Å²) in [6.07, 6.45) is 1.60. The van der Waals surface area contributed by atoms with Crippen LogP contribution in [0.1, 0.15) is 12.8 Å². The van der Waals surface area contributed by atoms with E-state index in [-0.39, 0.29) is 12.1 Å². The Hall–Kier alpha value is -0.650. The molecule has 0 amide bonds. The maximum absolute atomic E-state index is 10.9. The maximum atomic E-state index is 10.9. The number of ether oxygens (including phenoxy) is 2.